The minimum Gasteiger partial charge on any atom is -0.480 e. The first-order valence-electron chi connectivity index (χ1n) is 6.85. The van der Waals surface area contributed by atoms with Crippen LogP contribution >= 0.6 is 0 Å². The first-order valence-corrected chi connectivity index (χ1v) is 6.85. The highest BCUT2D eigenvalue weighted by atomic mass is 16.6. The van der Waals surface area contributed by atoms with Crippen molar-refractivity contribution >= 4 is 17.5 Å². The molecule has 21 heavy (non-hydrogen) atoms. The molecule has 8 nitrogen and oxygen atoms in total. The van der Waals surface area contributed by atoms with Gasteiger partial charge in [-0.05, 0) is 18.9 Å². The van der Waals surface area contributed by atoms with Crippen molar-refractivity contribution in [3.63, 3.8) is 0 Å². The monoisotopic (exact) mass is 294 g/mol. The van der Waals surface area contributed by atoms with Gasteiger partial charge in [-0.1, -0.05) is 6.92 Å². The van der Waals surface area contributed by atoms with E-state index in [1.54, 1.807) is 6.07 Å². The predicted molar refractivity (Wildman–Crippen MR) is 76.2 cm³/mol. The van der Waals surface area contributed by atoms with Crippen LogP contribution in [0.3, 0.4) is 0 Å². The molecule has 0 spiro atoms. The van der Waals surface area contributed by atoms with Crippen LogP contribution in [0.1, 0.15) is 19.8 Å². The van der Waals surface area contributed by atoms with E-state index < -0.39 is 16.9 Å². The molecule has 1 aromatic rings. The third-order valence-electron chi connectivity index (χ3n) is 3.64. The van der Waals surface area contributed by atoms with Crippen molar-refractivity contribution in [2.75, 3.05) is 18.4 Å². The standard InChI is InChI=1S/C13H18N4O4/c1-2-11(13(18)19)16-6-5-9(8-16)15-12-4-3-10(7-14-12)17(20)21/h3-4,7,9,11H,2,5-6,8H2,1H3,(H,14,15)(H,18,19). The normalized spacial score (nSPS) is 20.1. The zero-order valence-corrected chi connectivity index (χ0v) is 11.7. The summed E-state index contributed by atoms with van der Waals surface area (Å²) < 4.78 is 0. The topological polar surface area (TPSA) is 109 Å². The molecular weight excluding hydrogens is 276 g/mol. The summed E-state index contributed by atoms with van der Waals surface area (Å²) in [7, 11) is 0. The number of nitro groups is 1. The average Bonchev–Trinajstić information content (AvgIpc) is 2.88. The highest BCUT2D eigenvalue weighted by molar-refractivity contribution is 5.73. The summed E-state index contributed by atoms with van der Waals surface area (Å²) in [5.74, 6) is -0.234. The molecule has 0 aliphatic carbocycles. The zero-order chi connectivity index (χ0) is 15.4. The van der Waals surface area contributed by atoms with Gasteiger partial charge in [0.2, 0.25) is 0 Å². The van der Waals surface area contributed by atoms with E-state index in [1.165, 1.54) is 12.3 Å². The lowest BCUT2D eigenvalue weighted by molar-refractivity contribution is -0.385. The maximum Gasteiger partial charge on any atom is 0.320 e. The summed E-state index contributed by atoms with van der Waals surface area (Å²) in [6.45, 7) is 3.20. The largest absolute Gasteiger partial charge is 0.480 e. The number of nitrogens with zero attached hydrogens (tertiary/aromatic N) is 3. The molecule has 2 N–H and O–H groups in total. The Kier molecular flexibility index (Phi) is 4.69. The summed E-state index contributed by atoms with van der Waals surface area (Å²) in [5, 5.41) is 22.9. The second-order valence-electron chi connectivity index (χ2n) is 5.05. The van der Waals surface area contributed by atoms with E-state index in [-0.39, 0.29) is 11.7 Å². The zero-order valence-electron chi connectivity index (χ0n) is 11.7. The van der Waals surface area contributed by atoms with Crippen molar-refractivity contribution in [3.05, 3.63) is 28.4 Å². The number of nitrogens with one attached hydrogen (secondary N) is 1. The van der Waals surface area contributed by atoms with Gasteiger partial charge in [-0.25, -0.2) is 4.98 Å². The molecule has 2 atom stereocenters. The Morgan fingerprint density at radius 2 is 2.43 bits per heavy atom. The molecule has 1 aromatic heterocycles. The van der Waals surface area contributed by atoms with E-state index in [1.807, 2.05) is 11.8 Å². The van der Waals surface area contributed by atoms with Gasteiger partial charge in [0.1, 0.15) is 18.1 Å². The predicted octanol–water partition coefficient (Wildman–Crippen LogP) is 1.34. The van der Waals surface area contributed by atoms with Gasteiger partial charge in [-0.2, -0.15) is 0 Å². The van der Waals surface area contributed by atoms with Crippen LogP contribution in [0.2, 0.25) is 0 Å². The summed E-state index contributed by atoms with van der Waals surface area (Å²) in [4.78, 5) is 27.1. The van der Waals surface area contributed by atoms with Crippen LogP contribution in [0.25, 0.3) is 0 Å². The number of hydrogen-bond donors (Lipinski definition) is 2. The number of carbonyl (C=O) groups is 1. The first-order chi connectivity index (χ1) is 10.0. The van der Waals surface area contributed by atoms with Gasteiger partial charge in [0, 0.05) is 25.2 Å². The van der Waals surface area contributed by atoms with Crippen molar-refractivity contribution in [2.24, 2.45) is 0 Å². The van der Waals surface area contributed by atoms with Gasteiger partial charge >= 0.3 is 5.97 Å². The maximum atomic E-state index is 11.1. The Labute approximate surface area is 121 Å². The number of aromatic nitrogens is 1. The lowest BCUT2D eigenvalue weighted by atomic mass is 10.2. The Morgan fingerprint density at radius 3 is 2.95 bits per heavy atom. The Bertz CT molecular complexity index is 519. The van der Waals surface area contributed by atoms with Crippen molar-refractivity contribution in [1.82, 2.24) is 9.88 Å². The summed E-state index contributed by atoms with van der Waals surface area (Å²) in [5.41, 5.74) is -0.0504. The van der Waals surface area contributed by atoms with Crippen LogP contribution in [0.15, 0.2) is 18.3 Å². The van der Waals surface area contributed by atoms with E-state index in [2.05, 4.69) is 10.3 Å². The van der Waals surface area contributed by atoms with Crippen LogP contribution < -0.4 is 5.32 Å². The van der Waals surface area contributed by atoms with Crippen LogP contribution in [0.4, 0.5) is 11.5 Å². The molecule has 1 saturated heterocycles. The highest BCUT2D eigenvalue weighted by Gasteiger charge is 2.31. The summed E-state index contributed by atoms with van der Waals surface area (Å²) in [6, 6.07) is 2.61. The van der Waals surface area contributed by atoms with Gasteiger partial charge in [0.25, 0.3) is 5.69 Å². The average molecular weight is 294 g/mol. The fraction of sp³-hybridized carbons (Fsp3) is 0.538. The first kappa shape index (κ1) is 15.2. The number of likely N-dealkylation sites (tertiary alicyclic amines) is 1. The van der Waals surface area contributed by atoms with Gasteiger partial charge < -0.3 is 10.4 Å². The fourth-order valence-electron chi connectivity index (χ4n) is 2.57. The van der Waals surface area contributed by atoms with Crippen LogP contribution in [0.5, 0.6) is 0 Å². The number of hydrogen-bond acceptors (Lipinski definition) is 6. The molecule has 114 valence electrons. The molecule has 1 aliphatic rings. The second kappa shape index (κ2) is 6.49. The van der Waals surface area contributed by atoms with E-state index >= 15 is 0 Å². The minimum atomic E-state index is -0.799. The third kappa shape index (κ3) is 3.66. The van der Waals surface area contributed by atoms with Gasteiger partial charge in [0.15, 0.2) is 0 Å². The van der Waals surface area contributed by atoms with Gasteiger partial charge in [-0.3, -0.25) is 19.8 Å². The van der Waals surface area contributed by atoms with Crippen molar-refractivity contribution < 1.29 is 14.8 Å². The van der Waals surface area contributed by atoms with E-state index in [4.69, 9.17) is 5.11 Å². The van der Waals surface area contributed by atoms with Crippen molar-refractivity contribution in [2.45, 2.75) is 31.8 Å². The molecule has 1 fully saturated rings. The third-order valence-corrected chi connectivity index (χ3v) is 3.64. The summed E-state index contributed by atoms with van der Waals surface area (Å²) >= 11 is 0. The van der Waals surface area contributed by atoms with Crippen molar-refractivity contribution in [3.8, 4) is 0 Å². The fourth-order valence-corrected chi connectivity index (χ4v) is 2.57. The number of carboxylic acid groups (broad SMARTS) is 1. The number of rotatable bonds is 6. The lowest BCUT2D eigenvalue weighted by Crippen LogP contribution is -2.40. The van der Waals surface area contributed by atoms with E-state index in [0.717, 1.165) is 13.0 Å². The number of anilines is 1. The Hall–Kier alpha value is -2.22. The van der Waals surface area contributed by atoms with E-state index in [9.17, 15) is 14.9 Å². The molecule has 2 rings (SSSR count). The highest BCUT2D eigenvalue weighted by Crippen LogP contribution is 2.19. The number of carboxylic acids is 1. The van der Waals surface area contributed by atoms with Crippen molar-refractivity contribution in [1.29, 1.82) is 0 Å². The molecule has 2 heterocycles. The van der Waals surface area contributed by atoms with Crippen LogP contribution in [-0.4, -0.2) is 51.1 Å². The molecule has 8 heteroatoms. The molecule has 0 radical (unpaired) electrons. The Morgan fingerprint density at radius 1 is 1.67 bits per heavy atom. The van der Waals surface area contributed by atoms with E-state index in [0.29, 0.717) is 18.8 Å². The minimum absolute atomic E-state index is 0.0504. The second-order valence-corrected chi connectivity index (χ2v) is 5.05. The maximum absolute atomic E-state index is 11.1. The Balaban J connectivity index is 1.93. The summed E-state index contributed by atoms with van der Waals surface area (Å²) in [6.07, 6.45) is 2.60. The molecule has 0 amide bonds. The van der Waals surface area contributed by atoms with Crippen LogP contribution in [0, 0.1) is 10.1 Å². The molecule has 0 aromatic carbocycles. The number of aliphatic carboxylic acids is 1. The molecule has 2 unspecified atom stereocenters. The molecular formula is C13H18N4O4. The molecule has 0 saturated carbocycles. The number of pyridine rings is 1. The molecule has 0 bridgehead atoms. The van der Waals surface area contributed by atoms with Gasteiger partial charge in [0.05, 0.1) is 4.92 Å². The lowest BCUT2D eigenvalue weighted by Gasteiger charge is -2.23. The smallest absolute Gasteiger partial charge is 0.320 e. The quantitative estimate of drug-likeness (QED) is 0.602. The van der Waals surface area contributed by atoms with Crippen LogP contribution in [-0.2, 0) is 4.79 Å². The SMILES string of the molecule is CCC(C(=O)O)N1CCC(Nc2ccc([N+](=O)[O-])cn2)C1. The van der Waals surface area contributed by atoms with Gasteiger partial charge in [-0.15, -0.1) is 0 Å². The molecule has 1 aliphatic heterocycles.